The highest BCUT2D eigenvalue weighted by molar-refractivity contribution is 7.89. The number of aliphatic hydroxyl groups is 4. The van der Waals surface area contributed by atoms with E-state index in [9.17, 15) is 46.9 Å². The van der Waals surface area contributed by atoms with E-state index in [0.29, 0.717) is 147 Å². The largest absolute Gasteiger partial charge is 0.393 e. The maximum Gasteiger partial charge on any atom is 0.225 e. The summed E-state index contributed by atoms with van der Waals surface area (Å²) in [6.07, 6.45) is 56.0. The second-order valence-corrected chi connectivity index (χ2v) is 45.7. The Morgan fingerprint density at radius 1 is 0.356 bits per heavy atom. The summed E-state index contributed by atoms with van der Waals surface area (Å²) in [6.45, 7) is 27.0. The van der Waals surface area contributed by atoms with E-state index in [1.54, 1.807) is 8.61 Å². The molecule has 2 amide bonds. The first kappa shape index (κ1) is 103. The van der Waals surface area contributed by atoms with E-state index < -0.39 is 20.0 Å². The van der Waals surface area contributed by atoms with Crippen molar-refractivity contribution in [2.45, 2.75) is 422 Å². The van der Waals surface area contributed by atoms with Crippen LogP contribution in [0.4, 0.5) is 23.8 Å². The third-order valence-corrected chi connectivity index (χ3v) is 34.5. The van der Waals surface area contributed by atoms with Crippen LogP contribution in [0.2, 0.25) is 0 Å². The first-order chi connectivity index (χ1) is 65.1. The predicted molar refractivity (Wildman–Crippen MR) is 541 cm³/mol. The molecule has 4 saturated heterocycles. The Bertz CT molecular complexity index is 5320. The standard InChI is InChI=1S/C29H45N5O2.C26H41N5O2.C25H41N5O3S.C23H37N5O3S/c1-3-7-20(2)31-29-30-18-25-26(19-34(27(25)32-29)23-10-12-24(35)13-11-23)21-14-16-33(17-15-21)28(36)22-8-5-4-6-9-22;1-4-6-18(3)28-26-27-16-22-23(19-12-14-30(15-13-19)24(33)7-5-2)17-31(25(22)29-26)20-8-10-21(32)11-9-20;1-4-6-18(3)27-25-26-16-22-23(19-11-13-29(14-12-19)34(32,33)15-5-2)17-30(24(22)28-25)20-7-9-21(31)10-8-20;1-4-5-16(2)25-23-24-14-20-21(17-10-12-27(13-11-17)32(3,30)31)15-28(22(20)26-23)18-6-8-19(29)9-7-18/h18-24,35H,3-17H2,1-2H3,(H,30,31,32);16-21,32H,4-15H2,1-3H3,(H,27,28,29);16-21,31H,4-15H2,1-3H3,(H,26,27,28);14-19,29H,4-13H2,1-3H3,(H,24,25,26)/t20-,23?,24?;2*18-,20?,21?;16-,18?,19?/m0000/s1. The van der Waals surface area contributed by atoms with Crippen molar-refractivity contribution in [2.24, 2.45) is 5.92 Å². The molecule has 4 aliphatic heterocycles. The number of hydrogen-bond donors (Lipinski definition) is 8. The molecule has 4 atom stereocenters. The van der Waals surface area contributed by atoms with Gasteiger partial charge in [-0.1, -0.05) is 86.5 Å². The second-order valence-electron chi connectivity index (χ2n) is 41.6. The number of carbonyl (C=O) groups is 2. The number of aliphatic hydroxyl groups excluding tert-OH is 4. The molecule has 135 heavy (non-hydrogen) atoms. The van der Waals surface area contributed by atoms with Crippen molar-refractivity contribution >= 4 is 99.8 Å². The number of nitrogens with zero attached hydrogens (tertiary/aromatic N) is 16. The van der Waals surface area contributed by atoms with E-state index in [0.717, 1.165) is 295 Å². The van der Waals surface area contributed by atoms with Gasteiger partial charge < -0.3 is 69.8 Å². The molecular weight excluding hydrogens is 1740 g/mol. The summed E-state index contributed by atoms with van der Waals surface area (Å²) >= 11 is 0. The topological polar surface area (TPSA) is 367 Å². The highest BCUT2D eigenvalue weighted by atomic mass is 32.2. The smallest absolute Gasteiger partial charge is 0.225 e. The fraction of sp³-hybridized carbons (Fsp3) is 0.748. The average molecular weight is 1910 g/mol. The minimum atomic E-state index is -3.15. The number of amides is 2. The van der Waals surface area contributed by atoms with Crippen LogP contribution in [0.25, 0.3) is 44.1 Å². The number of hydrogen-bond acceptors (Lipinski definition) is 22. The molecule has 8 aromatic heterocycles. The van der Waals surface area contributed by atoms with Crippen LogP contribution < -0.4 is 21.3 Å². The molecule has 0 radical (unpaired) electrons. The van der Waals surface area contributed by atoms with Gasteiger partial charge in [0, 0.05) is 184 Å². The molecule has 9 fully saturated rings. The molecule has 32 heteroatoms. The Morgan fingerprint density at radius 2 is 0.630 bits per heavy atom. The highest BCUT2D eigenvalue weighted by Gasteiger charge is 2.38. The molecule has 17 rings (SSSR count). The Hall–Kier alpha value is -7.72. The van der Waals surface area contributed by atoms with Crippen LogP contribution >= 0.6 is 0 Å². The number of carbonyl (C=O) groups excluding carboxylic acids is 2. The Balaban J connectivity index is 0.000000144. The Kier molecular flexibility index (Phi) is 37.0. The summed E-state index contributed by atoms with van der Waals surface area (Å²) in [7, 11) is -6.29. The van der Waals surface area contributed by atoms with Gasteiger partial charge in [-0.3, -0.25) is 9.59 Å². The summed E-state index contributed by atoms with van der Waals surface area (Å²) < 4.78 is 61.5. The van der Waals surface area contributed by atoms with Gasteiger partial charge in [-0.05, 0) is 279 Å². The molecule has 748 valence electrons. The maximum atomic E-state index is 13.1. The first-order valence-corrected chi connectivity index (χ1v) is 56.3. The summed E-state index contributed by atoms with van der Waals surface area (Å²) in [6, 6.07) is 2.67. The van der Waals surface area contributed by atoms with Crippen LogP contribution in [0.1, 0.15) is 396 Å². The van der Waals surface area contributed by atoms with Crippen molar-refractivity contribution in [2.75, 3.05) is 85.6 Å². The van der Waals surface area contributed by atoms with Crippen LogP contribution in [0.5, 0.6) is 0 Å². The highest BCUT2D eigenvalue weighted by Crippen LogP contribution is 2.46. The fourth-order valence-electron chi connectivity index (χ4n) is 23.3. The van der Waals surface area contributed by atoms with E-state index in [4.69, 9.17) is 24.9 Å². The lowest BCUT2D eigenvalue weighted by Crippen LogP contribution is -2.41. The van der Waals surface area contributed by atoms with Crippen molar-refractivity contribution in [3.05, 3.63) is 71.8 Å². The van der Waals surface area contributed by atoms with Crippen molar-refractivity contribution in [1.29, 1.82) is 0 Å². The molecule has 12 heterocycles. The zero-order chi connectivity index (χ0) is 95.6. The van der Waals surface area contributed by atoms with Crippen LogP contribution in [0.3, 0.4) is 0 Å². The van der Waals surface area contributed by atoms with E-state index in [1.165, 1.54) is 47.8 Å². The maximum absolute atomic E-state index is 13.1. The minimum Gasteiger partial charge on any atom is -0.393 e. The van der Waals surface area contributed by atoms with E-state index in [2.05, 4.69) is 146 Å². The van der Waals surface area contributed by atoms with Crippen molar-refractivity contribution in [3.8, 4) is 0 Å². The van der Waals surface area contributed by atoms with Crippen molar-refractivity contribution < 1.29 is 46.9 Å². The molecule has 0 aromatic carbocycles. The van der Waals surface area contributed by atoms with Gasteiger partial charge in [-0.25, -0.2) is 45.4 Å². The predicted octanol–water partition coefficient (Wildman–Crippen LogP) is 18.9. The van der Waals surface area contributed by atoms with Crippen LogP contribution in [-0.4, -0.2) is 239 Å². The van der Waals surface area contributed by atoms with E-state index >= 15 is 0 Å². The second kappa shape index (κ2) is 48.4. The number of likely N-dealkylation sites (tertiary alicyclic amines) is 2. The quantitative estimate of drug-likeness (QED) is 0.0200. The van der Waals surface area contributed by atoms with Gasteiger partial charge in [0.05, 0.1) is 36.4 Å². The molecular formula is C103H164N20O10S2. The summed E-state index contributed by atoms with van der Waals surface area (Å²) in [5.41, 5.74) is 9.08. The van der Waals surface area contributed by atoms with Crippen LogP contribution in [0.15, 0.2) is 49.6 Å². The lowest BCUT2D eigenvalue weighted by molar-refractivity contribution is -0.137. The zero-order valence-corrected chi connectivity index (χ0v) is 84.9. The minimum absolute atomic E-state index is 0.171. The monoisotopic (exact) mass is 1910 g/mol. The van der Waals surface area contributed by atoms with E-state index in [-0.39, 0.29) is 36.1 Å². The molecule has 30 nitrogen and oxygen atoms in total. The number of sulfonamides is 2. The summed E-state index contributed by atoms with van der Waals surface area (Å²) in [5, 5.41) is 58.4. The number of nitrogens with one attached hydrogen (secondary N) is 4. The molecule has 9 aliphatic rings. The lowest BCUT2D eigenvalue weighted by Gasteiger charge is -2.35. The summed E-state index contributed by atoms with van der Waals surface area (Å²) in [4.78, 5) is 68.2. The van der Waals surface area contributed by atoms with Gasteiger partial charge in [-0.2, -0.15) is 19.9 Å². The molecule has 0 spiro atoms. The fourth-order valence-corrected chi connectivity index (χ4v) is 25.7. The number of rotatable bonds is 31. The third kappa shape index (κ3) is 26.5. The third-order valence-electron chi connectivity index (χ3n) is 31.1. The molecule has 0 unspecified atom stereocenters. The number of aromatic nitrogens is 12. The van der Waals surface area contributed by atoms with Gasteiger partial charge in [0.25, 0.3) is 0 Å². The van der Waals surface area contributed by atoms with E-state index in [1.807, 2.05) is 36.6 Å². The van der Waals surface area contributed by atoms with Crippen molar-refractivity contribution in [3.63, 3.8) is 0 Å². The van der Waals surface area contributed by atoms with Gasteiger partial charge in [0.1, 0.15) is 22.6 Å². The van der Waals surface area contributed by atoms with Crippen molar-refractivity contribution in [1.82, 2.24) is 76.6 Å². The SMILES string of the molecule is CCCC(=O)N1CCC(c2cn(C3CCC(O)CC3)c3nc(N[C@@H](C)CCC)ncc23)CC1.CCC[C@H](C)Nc1ncc2c(C3CCN(C(=O)C4CCCCC4)CC3)cn(C3CCC(O)CC3)c2n1.CCC[C@H](C)Nc1ncc2c(C3CCN(S(=O)(=O)CCC)CC3)cn(C3CCC(O)CC3)c2n1.CCC[C@H](C)Nc1ncc2c(C3CCN(S(C)(=O)=O)CC3)cn(C3CCC(O)CC3)c2n1. The van der Waals surface area contributed by atoms with Gasteiger partial charge in [0.15, 0.2) is 0 Å². The summed E-state index contributed by atoms with van der Waals surface area (Å²) in [5.74, 6) is 5.36. The number of fused-ring (bicyclic) bond motifs is 4. The number of piperidine rings is 4. The Morgan fingerprint density at radius 3 is 0.896 bits per heavy atom. The van der Waals surface area contributed by atoms with Gasteiger partial charge in [0.2, 0.25) is 55.7 Å². The first-order valence-electron chi connectivity index (χ1n) is 52.9. The molecule has 5 saturated carbocycles. The van der Waals surface area contributed by atoms with Gasteiger partial charge in [-0.15, -0.1) is 0 Å². The van der Waals surface area contributed by atoms with Crippen LogP contribution in [0, 0.1) is 5.92 Å². The lowest BCUT2D eigenvalue weighted by atomic mass is 9.86. The molecule has 5 aliphatic carbocycles. The number of anilines is 4. The Labute approximate surface area is 804 Å². The van der Waals surface area contributed by atoms with Crippen LogP contribution in [-0.2, 0) is 29.6 Å². The zero-order valence-electron chi connectivity index (χ0n) is 83.3. The molecule has 8 N–H and O–H groups in total. The molecule has 0 bridgehead atoms. The molecule has 8 aromatic rings. The van der Waals surface area contributed by atoms with Gasteiger partial charge >= 0.3 is 0 Å². The normalized spacial score (nSPS) is 24.2. The average Bonchev–Trinajstić information content (AvgIpc) is 1.63.